The molecule has 1 unspecified atom stereocenters. The molecule has 2 amide bonds. The summed E-state index contributed by atoms with van der Waals surface area (Å²) in [6.07, 6.45) is 2.99. The van der Waals surface area contributed by atoms with Gasteiger partial charge in [0.2, 0.25) is 11.8 Å². The third-order valence-corrected chi connectivity index (χ3v) is 4.36. The molecule has 0 aromatic heterocycles. The average molecular weight is 330 g/mol. The van der Waals surface area contributed by atoms with Crippen molar-refractivity contribution < 1.29 is 9.59 Å². The minimum absolute atomic E-state index is 0.00961. The zero-order valence-corrected chi connectivity index (χ0v) is 15.4. The summed E-state index contributed by atoms with van der Waals surface area (Å²) in [5.74, 6) is 0.269. The number of hydrogen-bond acceptors (Lipinski definition) is 2. The third kappa shape index (κ3) is 5.08. The summed E-state index contributed by atoms with van der Waals surface area (Å²) in [7, 11) is 0. The molecule has 4 nitrogen and oxygen atoms in total. The Kier molecular flexibility index (Phi) is 6.03. The van der Waals surface area contributed by atoms with Gasteiger partial charge in [-0.2, -0.15) is 0 Å². The lowest BCUT2D eigenvalue weighted by Crippen LogP contribution is -2.46. The first kappa shape index (κ1) is 18.5. The number of piperidine rings is 1. The molecule has 0 saturated carbocycles. The maximum absolute atomic E-state index is 13.0. The van der Waals surface area contributed by atoms with Crippen LogP contribution in [-0.2, 0) is 9.59 Å². The van der Waals surface area contributed by atoms with Crippen molar-refractivity contribution in [1.29, 1.82) is 0 Å². The molecule has 1 aromatic rings. The van der Waals surface area contributed by atoms with Crippen LogP contribution in [0.2, 0.25) is 0 Å². The van der Waals surface area contributed by atoms with Gasteiger partial charge in [0.1, 0.15) is 0 Å². The van der Waals surface area contributed by atoms with Gasteiger partial charge in [0.05, 0.1) is 0 Å². The van der Waals surface area contributed by atoms with E-state index in [9.17, 15) is 9.59 Å². The number of nitrogens with zero attached hydrogens (tertiary/aromatic N) is 2. The van der Waals surface area contributed by atoms with Crippen molar-refractivity contribution in [2.75, 3.05) is 18.0 Å². The summed E-state index contributed by atoms with van der Waals surface area (Å²) in [5.41, 5.74) is 0.935. The fraction of sp³-hybridized carbons (Fsp3) is 0.600. The molecule has 1 aliphatic rings. The van der Waals surface area contributed by atoms with Gasteiger partial charge in [0, 0.05) is 37.7 Å². The fourth-order valence-electron chi connectivity index (χ4n) is 3.17. The van der Waals surface area contributed by atoms with E-state index < -0.39 is 0 Å². The van der Waals surface area contributed by atoms with Crippen LogP contribution in [0, 0.1) is 5.41 Å². The van der Waals surface area contributed by atoms with Crippen molar-refractivity contribution in [1.82, 2.24) is 4.90 Å². The number of likely N-dealkylation sites (tertiary alicyclic amines) is 1. The SMILES string of the molecule is CC(CC(=O)N(CC(C)(C)C)c1ccccc1)N1CCCCC1=O. The summed E-state index contributed by atoms with van der Waals surface area (Å²) < 4.78 is 0. The number of para-hydroxylation sites is 1. The van der Waals surface area contributed by atoms with E-state index in [1.165, 1.54) is 0 Å². The Labute approximate surface area is 145 Å². The number of amides is 2. The number of hydrogen-bond donors (Lipinski definition) is 0. The lowest BCUT2D eigenvalue weighted by atomic mass is 9.95. The number of rotatable bonds is 5. The Morgan fingerprint density at radius 3 is 2.46 bits per heavy atom. The molecule has 1 fully saturated rings. The van der Waals surface area contributed by atoms with Crippen LogP contribution in [0.4, 0.5) is 5.69 Å². The number of anilines is 1. The second-order valence-corrected chi connectivity index (χ2v) is 7.97. The molecule has 1 heterocycles. The number of benzene rings is 1. The second-order valence-electron chi connectivity index (χ2n) is 7.97. The molecule has 2 rings (SSSR count). The Morgan fingerprint density at radius 2 is 1.88 bits per heavy atom. The van der Waals surface area contributed by atoms with E-state index in [2.05, 4.69) is 20.8 Å². The second kappa shape index (κ2) is 7.82. The van der Waals surface area contributed by atoms with Crippen LogP contribution in [0.3, 0.4) is 0 Å². The topological polar surface area (TPSA) is 40.6 Å². The highest BCUT2D eigenvalue weighted by atomic mass is 16.2. The van der Waals surface area contributed by atoms with E-state index in [1.807, 2.05) is 47.1 Å². The molecule has 1 aliphatic heterocycles. The first-order valence-corrected chi connectivity index (χ1v) is 8.93. The summed E-state index contributed by atoms with van der Waals surface area (Å²) in [6, 6.07) is 9.77. The van der Waals surface area contributed by atoms with Gasteiger partial charge in [-0.05, 0) is 37.3 Å². The molecular formula is C20H30N2O2. The van der Waals surface area contributed by atoms with Crippen molar-refractivity contribution in [2.45, 2.75) is 59.4 Å². The molecule has 1 aromatic carbocycles. The molecule has 0 aliphatic carbocycles. The molecular weight excluding hydrogens is 300 g/mol. The van der Waals surface area contributed by atoms with E-state index in [0.29, 0.717) is 19.4 Å². The lowest BCUT2D eigenvalue weighted by molar-refractivity contribution is -0.136. The van der Waals surface area contributed by atoms with Gasteiger partial charge in [0.15, 0.2) is 0 Å². The first-order valence-electron chi connectivity index (χ1n) is 8.93. The smallest absolute Gasteiger partial charge is 0.229 e. The van der Waals surface area contributed by atoms with Gasteiger partial charge in [-0.15, -0.1) is 0 Å². The third-order valence-electron chi connectivity index (χ3n) is 4.36. The number of carbonyl (C=O) groups is 2. The number of carbonyl (C=O) groups excluding carboxylic acids is 2. The highest BCUT2D eigenvalue weighted by Gasteiger charge is 2.28. The van der Waals surface area contributed by atoms with Gasteiger partial charge >= 0.3 is 0 Å². The Morgan fingerprint density at radius 1 is 1.21 bits per heavy atom. The molecule has 1 atom stereocenters. The summed E-state index contributed by atoms with van der Waals surface area (Å²) in [6.45, 7) is 9.82. The molecule has 0 bridgehead atoms. The monoisotopic (exact) mass is 330 g/mol. The van der Waals surface area contributed by atoms with Crippen LogP contribution in [0.25, 0.3) is 0 Å². The van der Waals surface area contributed by atoms with Crippen molar-refractivity contribution in [3.8, 4) is 0 Å². The first-order chi connectivity index (χ1) is 11.3. The Hall–Kier alpha value is -1.84. The van der Waals surface area contributed by atoms with Crippen LogP contribution >= 0.6 is 0 Å². The standard InChI is InChI=1S/C20H30N2O2/c1-16(21-13-9-8-12-18(21)23)14-19(24)22(15-20(2,3)4)17-10-6-5-7-11-17/h5-7,10-11,16H,8-9,12-15H2,1-4H3. The van der Waals surface area contributed by atoms with Gasteiger partial charge in [-0.25, -0.2) is 0 Å². The Balaban J connectivity index is 2.11. The van der Waals surface area contributed by atoms with Crippen molar-refractivity contribution in [2.24, 2.45) is 5.41 Å². The van der Waals surface area contributed by atoms with Crippen LogP contribution in [0.15, 0.2) is 30.3 Å². The van der Waals surface area contributed by atoms with E-state index in [1.54, 1.807) is 0 Å². The predicted octanol–water partition coefficient (Wildman–Crippen LogP) is 3.86. The molecule has 0 N–H and O–H groups in total. The summed E-state index contributed by atoms with van der Waals surface area (Å²) in [4.78, 5) is 28.8. The quantitative estimate of drug-likeness (QED) is 0.822. The average Bonchev–Trinajstić information content (AvgIpc) is 2.53. The molecule has 1 saturated heterocycles. The lowest BCUT2D eigenvalue weighted by Gasteiger charge is -2.35. The van der Waals surface area contributed by atoms with Crippen molar-refractivity contribution in [3.63, 3.8) is 0 Å². The zero-order valence-electron chi connectivity index (χ0n) is 15.4. The molecule has 0 radical (unpaired) electrons. The van der Waals surface area contributed by atoms with Gasteiger partial charge in [0.25, 0.3) is 0 Å². The van der Waals surface area contributed by atoms with Crippen molar-refractivity contribution >= 4 is 17.5 Å². The highest BCUT2D eigenvalue weighted by Crippen LogP contribution is 2.24. The molecule has 0 spiro atoms. The molecule has 24 heavy (non-hydrogen) atoms. The van der Waals surface area contributed by atoms with Crippen LogP contribution in [-0.4, -0.2) is 35.8 Å². The summed E-state index contributed by atoms with van der Waals surface area (Å²) in [5, 5.41) is 0. The van der Waals surface area contributed by atoms with E-state index in [-0.39, 0.29) is 23.3 Å². The molecule has 132 valence electrons. The van der Waals surface area contributed by atoms with E-state index in [0.717, 1.165) is 25.1 Å². The predicted molar refractivity (Wildman–Crippen MR) is 97.9 cm³/mol. The highest BCUT2D eigenvalue weighted by molar-refractivity contribution is 5.94. The van der Waals surface area contributed by atoms with Crippen LogP contribution in [0.1, 0.15) is 53.4 Å². The maximum atomic E-state index is 13.0. The maximum Gasteiger partial charge on any atom is 0.229 e. The summed E-state index contributed by atoms with van der Waals surface area (Å²) >= 11 is 0. The van der Waals surface area contributed by atoms with Gasteiger partial charge in [-0.3, -0.25) is 9.59 Å². The minimum Gasteiger partial charge on any atom is -0.339 e. The fourth-order valence-corrected chi connectivity index (χ4v) is 3.17. The van der Waals surface area contributed by atoms with Crippen LogP contribution in [0.5, 0.6) is 0 Å². The Bertz CT molecular complexity index is 563. The largest absolute Gasteiger partial charge is 0.339 e. The van der Waals surface area contributed by atoms with E-state index in [4.69, 9.17) is 0 Å². The van der Waals surface area contributed by atoms with Gasteiger partial charge < -0.3 is 9.80 Å². The van der Waals surface area contributed by atoms with E-state index >= 15 is 0 Å². The molecule has 4 heteroatoms. The van der Waals surface area contributed by atoms with Crippen molar-refractivity contribution in [3.05, 3.63) is 30.3 Å². The van der Waals surface area contributed by atoms with Crippen LogP contribution < -0.4 is 4.90 Å². The van der Waals surface area contributed by atoms with Gasteiger partial charge in [-0.1, -0.05) is 39.0 Å². The zero-order chi connectivity index (χ0) is 17.7. The minimum atomic E-state index is -0.0449. The normalized spacial score (nSPS) is 16.8.